The van der Waals surface area contributed by atoms with Crippen molar-refractivity contribution < 1.29 is 27.4 Å². The molecule has 1 atom stereocenters. The number of carbonyl (C=O) groups excluding carboxylic acids is 1. The molecule has 0 saturated carbocycles. The Kier molecular flexibility index (Phi) is 4.59. The quantitative estimate of drug-likeness (QED) is 0.928. The number of nitrogens with one attached hydrogen (secondary N) is 1. The molecule has 7 heteroatoms. The molecule has 2 rings (SSSR count). The molecule has 0 spiro atoms. The normalized spacial score (nSPS) is 17.6. The average Bonchev–Trinajstić information content (AvgIpc) is 2.42. The van der Waals surface area contributed by atoms with Crippen LogP contribution < -0.4 is 14.8 Å². The molecule has 0 radical (unpaired) electrons. The van der Waals surface area contributed by atoms with Gasteiger partial charge in [0.1, 0.15) is 17.9 Å². The van der Waals surface area contributed by atoms with Crippen LogP contribution in [0.3, 0.4) is 0 Å². The van der Waals surface area contributed by atoms with E-state index in [1.807, 2.05) is 6.07 Å². The number of rotatable bonds is 4. The monoisotopic (exact) mass is 303 g/mol. The third-order valence-corrected chi connectivity index (χ3v) is 3.21. The first-order chi connectivity index (χ1) is 9.87. The van der Waals surface area contributed by atoms with Crippen molar-refractivity contribution in [2.75, 3.05) is 20.3 Å². The van der Waals surface area contributed by atoms with E-state index in [-0.39, 0.29) is 12.5 Å². The number of carbonyl (C=O) groups is 1. The van der Waals surface area contributed by atoms with Crippen molar-refractivity contribution in [3.05, 3.63) is 23.8 Å². The summed E-state index contributed by atoms with van der Waals surface area (Å²) in [5.41, 5.74) is 0.956. The van der Waals surface area contributed by atoms with E-state index in [2.05, 4.69) is 5.32 Å². The minimum atomic E-state index is -4.48. The van der Waals surface area contributed by atoms with Gasteiger partial charge in [0, 0.05) is 18.5 Å². The maximum Gasteiger partial charge on any atom is 0.397 e. The highest BCUT2D eigenvalue weighted by Crippen LogP contribution is 2.30. The van der Waals surface area contributed by atoms with Crippen LogP contribution in [-0.4, -0.2) is 32.3 Å². The smallest absolute Gasteiger partial charge is 0.397 e. The van der Waals surface area contributed by atoms with Gasteiger partial charge in [-0.3, -0.25) is 4.79 Å². The first-order valence-electron chi connectivity index (χ1n) is 6.50. The average molecular weight is 303 g/mol. The molecule has 1 aromatic rings. The number of hydrogen-bond acceptors (Lipinski definition) is 3. The number of alkyl halides is 3. The molecule has 4 nitrogen and oxygen atoms in total. The van der Waals surface area contributed by atoms with Crippen LogP contribution in [0.2, 0.25) is 0 Å². The Morgan fingerprint density at radius 1 is 1.48 bits per heavy atom. The number of ether oxygens (including phenoxy) is 2. The largest absolute Gasteiger partial charge is 0.497 e. The van der Waals surface area contributed by atoms with Crippen molar-refractivity contribution in [2.24, 2.45) is 5.92 Å². The number of hydrogen-bond donors (Lipinski definition) is 1. The van der Waals surface area contributed by atoms with E-state index >= 15 is 0 Å². The van der Waals surface area contributed by atoms with E-state index in [1.165, 1.54) is 0 Å². The van der Waals surface area contributed by atoms with Gasteiger partial charge in [-0.15, -0.1) is 0 Å². The predicted octanol–water partition coefficient (Wildman–Crippen LogP) is 2.31. The van der Waals surface area contributed by atoms with Crippen LogP contribution in [0.4, 0.5) is 13.2 Å². The van der Waals surface area contributed by atoms with E-state index in [0.29, 0.717) is 24.5 Å². The van der Waals surface area contributed by atoms with Crippen LogP contribution in [0.25, 0.3) is 0 Å². The molecular formula is C14H16F3NO3. The van der Waals surface area contributed by atoms with Gasteiger partial charge < -0.3 is 14.8 Å². The van der Waals surface area contributed by atoms with E-state index in [4.69, 9.17) is 9.47 Å². The summed E-state index contributed by atoms with van der Waals surface area (Å²) in [7, 11) is 1.56. The molecule has 0 fully saturated rings. The Labute approximate surface area is 120 Å². The minimum absolute atomic E-state index is 0.0388. The number of halogens is 3. The SMILES string of the molecule is COc1ccc2c(c1)OCC(CNC(=O)CC(F)(F)F)C2. The lowest BCUT2D eigenvalue weighted by atomic mass is 9.96. The second-order valence-electron chi connectivity index (χ2n) is 4.95. The van der Waals surface area contributed by atoms with E-state index in [1.54, 1.807) is 19.2 Å². The summed E-state index contributed by atoms with van der Waals surface area (Å²) in [6, 6.07) is 5.43. The highest BCUT2D eigenvalue weighted by molar-refractivity contribution is 5.76. The summed E-state index contributed by atoms with van der Waals surface area (Å²) in [5.74, 6) is 0.351. The molecule has 1 N–H and O–H groups in total. The third kappa shape index (κ3) is 4.54. The summed E-state index contributed by atoms with van der Waals surface area (Å²) in [4.78, 5) is 11.1. The lowest BCUT2D eigenvalue weighted by Crippen LogP contribution is -2.36. The van der Waals surface area contributed by atoms with Gasteiger partial charge in [0.25, 0.3) is 0 Å². The van der Waals surface area contributed by atoms with Gasteiger partial charge in [-0.1, -0.05) is 6.07 Å². The summed E-state index contributed by atoms with van der Waals surface area (Å²) in [5, 5.41) is 2.30. The Hall–Kier alpha value is -1.92. The molecule has 0 aromatic heterocycles. The first-order valence-corrected chi connectivity index (χ1v) is 6.50. The molecule has 1 unspecified atom stereocenters. The Balaban J connectivity index is 1.86. The van der Waals surface area contributed by atoms with Crippen LogP contribution in [0.5, 0.6) is 11.5 Å². The van der Waals surface area contributed by atoms with Gasteiger partial charge in [-0.25, -0.2) is 0 Å². The van der Waals surface area contributed by atoms with Crippen LogP contribution in [0.1, 0.15) is 12.0 Å². The lowest BCUT2D eigenvalue weighted by molar-refractivity contribution is -0.153. The molecule has 0 bridgehead atoms. The van der Waals surface area contributed by atoms with Gasteiger partial charge in [0.05, 0.1) is 13.7 Å². The van der Waals surface area contributed by atoms with Gasteiger partial charge >= 0.3 is 6.18 Å². The highest BCUT2D eigenvalue weighted by atomic mass is 19.4. The first kappa shape index (κ1) is 15.5. The zero-order valence-corrected chi connectivity index (χ0v) is 11.5. The summed E-state index contributed by atoms with van der Waals surface area (Å²) < 4.78 is 46.8. The molecule has 0 aliphatic carbocycles. The second kappa shape index (κ2) is 6.24. The van der Waals surface area contributed by atoms with Gasteiger partial charge in [0.2, 0.25) is 5.91 Å². The summed E-state index contributed by atoms with van der Waals surface area (Å²) in [6.45, 7) is 0.521. The van der Waals surface area contributed by atoms with E-state index in [0.717, 1.165) is 5.56 Å². The molecule has 1 aliphatic heterocycles. The van der Waals surface area contributed by atoms with Crippen molar-refractivity contribution in [3.8, 4) is 11.5 Å². The van der Waals surface area contributed by atoms with E-state index in [9.17, 15) is 18.0 Å². The maximum absolute atomic E-state index is 12.0. The predicted molar refractivity (Wildman–Crippen MR) is 69.4 cm³/mol. The maximum atomic E-state index is 12.0. The third-order valence-electron chi connectivity index (χ3n) is 3.21. The molecule has 0 saturated heterocycles. The van der Waals surface area contributed by atoms with Crippen LogP contribution in [0, 0.1) is 5.92 Å². The minimum Gasteiger partial charge on any atom is -0.497 e. The van der Waals surface area contributed by atoms with Crippen LogP contribution in [-0.2, 0) is 11.2 Å². The van der Waals surface area contributed by atoms with Crippen molar-refractivity contribution >= 4 is 5.91 Å². The van der Waals surface area contributed by atoms with Crippen LogP contribution in [0.15, 0.2) is 18.2 Å². The molecule has 1 heterocycles. The molecule has 116 valence electrons. The van der Waals surface area contributed by atoms with E-state index < -0.39 is 18.5 Å². The Bertz CT molecular complexity index is 517. The van der Waals surface area contributed by atoms with Gasteiger partial charge in [-0.05, 0) is 18.1 Å². The molecule has 21 heavy (non-hydrogen) atoms. The molecular weight excluding hydrogens is 287 g/mol. The fraction of sp³-hybridized carbons (Fsp3) is 0.500. The van der Waals surface area contributed by atoms with Crippen molar-refractivity contribution in [2.45, 2.75) is 19.0 Å². The van der Waals surface area contributed by atoms with Gasteiger partial charge in [-0.2, -0.15) is 13.2 Å². The molecule has 1 amide bonds. The zero-order chi connectivity index (χ0) is 15.5. The summed E-state index contributed by atoms with van der Waals surface area (Å²) >= 11 is 0. The van der Waals surface area contributed by atoms with Crippen molar-refractivity contribution in [1.82, 2.24) is 5.32 Å². The topological polar surface area (TPSA) is 47.6 Å². The zero-order valence-electron chi connectivity index (χ0n) is 11.5. The number of fused-ring (bicyclic) bond motifs is 1. The second-order valence-corrected chi connectivity index (χ2v) is 4.95. The molecule has 1 aromatic carbocycles. The van der Waals surface area contributed by atoms with Crippen molar-refractivity contribution in [3.63, 3.8) is 0 Å². The van der Waals surface area contributed by atoms with Crippen LogP contribution >= 0.6 is 0 Å². The standard InChI is InChI=1S/C14H16F3NO3/c1-20-11-3-2-10-4-9(8-21-12(10)5-11)7-18-13(19)6-14(15,16)17/h2-3,5,9H,4,6-8H2,1H3,(H,18,19). The Morgan fingerprint density at radius 3 is 2.90 bits per heavy atom. The fourth-order valence-electron chi connectivity index (χ4n) is 2.18. The number of amides is 1. The van der Waals surface area contributed by atoms with Crippen molar-refractivity contribution in [1.29, 1.82) is 0 Å². The molecule has 1 aliphatic rings. The Morgan fingerprint density at radius 2 is 2.24 bits per heavy atom. The number of benzene rings is 1. The van der Waals surface area contributed by atoms with Gasteiger partial charge in [0.15, 0.2) is 0 Å². The number of methoxy groups -OCH3 is 1. The summed E-state index contributed by atoms with van der Waals surface area (Å²) in [6.07, 6.45) is -5.28. The highest BCUT2D eigenvalue weighted by Gasteiger charge is 2.31. The fourth-order valence-corrected chi connectivity index (χ4v) is 2.18. The lowest BCUT2D eigenvalue weighted by Gasteiger charge is -2.25.